The summed E-state index contributed by atoms with van der Waals surface area (Å²) in [6.45, 7) is 4.84. The van der Waals surface area contributed by atoms with Crippen LogP contribution in [0.5, 0.6) is 0 Å². The zero-order valence-electron chi connectivity index (χ0n) is 8.66. The molecule has 0 heterocycles. The fourth-order valence-electron chi connectivity index (χ4n) is 0.961. The molecule has 0 aliphatic carbocycles. The summed E-state index contributed by atoms with van der Waals surface area (Å²) in [5.41, 5.74) is 0. The molecule has 0 rings (SSSR count). The lowest BCUT2D eigenvalue weighted by Gasteiger charge is -2.09. The van der Waals surface area contributed by atoms with Crippen LogP contribution < -0.4 is 5.32 Å². The molecule has 0 aromatic carbocycles. The first-order chi connectivity index (χ1) is 6.31. The molecule has 0 amide bonds. The summed E-state index contributed by atoms with van der Waals surface area (Å²) in [6, 6.07) is 0. The first-order valence-corrected chi connectivity index (χ1v) is 5.00. The van der Waals surface area contributed by atoms with Crippen LogP contribution in [0.3, 0.4) is 0 Å². The van der Waals surface area contributed by atoms with Gasteiger partial charge in [0.2, 0.25) is 0 Å². The van der Waals surface area contributed by atoms with Crippen molar-refractivity contribution in [1.82, 2.24) is 5.32 Å². The van der Waals surface area contributed by atoms with Gasteiger partial charge in [-0.2, -0.15) is 0 Å². The van der Waals surface area contributed by atoms with E-state index < -0.39 is 0 Å². The summed E-state index contributed by atoms with van der Waals surface area (Å²) in [4.78, 5) is 0. The third kappa shape index (κ3) is 9.31. The maximum absolute atomic E-state index is 9.37. The Balaban J connectivity index is 3.30. The van der Waals surface area contributed by atoms with Crippen molar-refractivity contribution >= 4 is 0 Å². The summed E-state index contributed by atoms with van der Waals surface area (Å²) in [7, 11) is 0. The maximum atomic E-state index is 9.37. The fourth-order valence-corrected chi connectivity index (χ4v) is 0.961. The summed E-state index contributed by atoms with van der Waals surface area (Å²) in [5, 5.41) is 12.4. The van der Waals surface area contributed by atoms with Crippen LogP contribution in [0.1, 0.15) is 33.1 Å². The monoisotopic (exact) mass is 183 g/mol. The third-order valence-corrected chi connectivity index (χ3v) is 1.74. The predicted octanol–water partition coefficient (Wildman–Crippen LogP) is 2.22. The Kier molecular flexibility index (Phi) is 9.05. The fraction of sp³-hybridized carbons (Fsp3) is 0.636. The molecule has 0 aromatic rings. The van der Waals surface area contributed by atoms with E-state index in [2.05, 4.69) is 12.2 Å². The highest BCUT2D eigenvalue weighted by Gasteiger charge is 1.98. The van der Waals surface area contributed by atoms with Crippen LogP contribution in [0, 0.1) is 0 Å². The first-order valence-electron chi connectivity index (χ1n) is 5.00. The van der Waals surface area contributed by atoms with Crippen molar-refractivity contribution < 1.29 is 5.11 Å². The van der Waals surface area contributed by atoms with Gasteiger partial charge in [0, 0.05) is 6.54 Å². The average Bonchev–Trinajstić information content (AvgIpc) is 2.14. The Morgan fingerprint density at radius 3 is 2.77 bits per heavy atom. The van der Waals surface area contributed by atoms with E-state index in [-0.39, 0.29) is 6.23 Å². The summed E-state index contributed by atoms with van der Waals surface area (Å²) < 4.78 is 0. The SMILES string of the molecule is C/C=C\C=C/CNC(O)CCCC. The molecule has 0 radical (unpaired) electrons. The standard InChI is InChI=1S/C11H21NO/c1-3-5-7-8-10-12-11(13)9-6-4-2/h3,5,7-8,11-13H,4,6,9-10H2,1-2H3/b5-3-,8-7-. The molecule has 1 atom stereocenters. The molecule has 13 heavy (non-hydrogen) atoms. The minimum absolute atomic E-state index is 0.352. The molecule has 0 fully saturated rings. The predicted molar refractivity (Wildman–Crippen MR) is 57.5 cm³/mol. The highest BCUT2D eigenvalue weighted by Crippen LogP contribution is 1.96. The Morgan fingerprint density at radius 2 is 2.15 bits per heavy atom. The van der Waals surface area contributed by atoms with Crippen molar-refractivity contribution in [2.45, 2.75) is 39.3 Å². The van der Waals surface area contributed by atoms with E-state index in [4.69, 9.17) is 0 Å². The van der Waals surface area contributed by atoms with Gasteiger partial charge >= 0.3 is 0 Å². The van der Waals surface area contributed by atoms with Crippen molar-refractivity contribution in [1.29, 1.82) is 0 Å². The van der Waals surface area contributed by atoms with E-state index in [0.717, 1.165) is 25.8 Å². The average molecular weight is 183 g/mol. The van der Waals surface area contributed by atoms with Gasteiger partial charge in [0.25, 0.3) is 0 Å². The second kappa shape index (κ2) is 9.49. The Bertz CT molecular complexity index is 152. The summed E-state index contributed by atoms with van der Waals surface area (Å²) >= 11 is 0. The van der Waals surface area contributed by atoms with Crippen LogP contribution >= 0.6 is 0 Å². The van der Waals surface area contributed by atoms with Crippen molar-refractivity contribution in [3.05, 3.63) is 24.3 Å². The Morgan fingerprint density at radius 1 is 1.38 bits per heavy atom. The van der Waals surface area contributed by atoms with Gasteiger partial charge in [0.1, 0.15) is 6.23 Å². The Hall–Kier alpha value is -0.600. The summed E-state index contributed by atoms with van der Waals surface area (Å²) in [6.07, 6.45) is 10.6. The minimum Gasteiger partial charge on any atom is -0.379 e. The van der Waals surface area contributed by atoms with Crippen molar-refractivity contribution in [3.8, 4) is 0 Å². The van der Waals surface area contributed by atoms with Gasteiger partial charge in [0.05, 0.1) is 0 Å². The zero-order valence-corrected chi connectivity index (χ0v) is 8.66. The molecule has 2 heteroatoms. The molecular weight excluding hydrogens is 162 g/mol. The van der Waals surface area contributed by atoms with Gasteiger partial charge in [-0.3, -0.25) is 5.32 Å². The van der Waals surface area contributed by atoms with Crippen LogP contribution in [0.25, 0.3) is 0 Å². The van der Waals surface area contributed by atoms with Crippen LogP contribution in [-0.2, 0) is 0 Å². The lowest BCUT2D eigenvalue weighted by molar-refractivity contribution is 0.129. The lowest BCUT2D eigenvalue weighted by atomic mass is 10.2. The number of aliphatic hydroxyl groups is 1. The van der Waals surface area contributed by atoms with Crippen LogP contribution in [-0.4, -0.2) is 17.9 Å². The van der Waals surface area contributed by atoms with E-state index in [1.807, 2.05) is 31.2 Å². The molecule has 0 aliphatic rings. The number of hydrogen-bond acceptors (Lipinski definition) is 2. The van der Waals surface area contributed by atoms with Gasteiger partial charge in [-0.05, 0) is 19.8 Å². The van der Waals surface area contributed by atoms with Gasteiger partial charge in [-0.1, -0.05) is 37.6 Å². The molecule has 0 saturated carbocycles. The summed E-state index contributed by atoms with van der Waals surface area (Å²) in [5.74, 6) is 0. The van der Waals surface area contributed by atoms with Crippen molar-refractivity contribution in [3.63, 3.8) is 0 Å². The zero-order chi connectivity index (χ0) is 9.94. The molecular formula is C11H21NO. The van der Waals surface area contributed by atoms with Gasteiger partial charge < -0.3 is 5.11 Å². The van der Waals surface area contributed by atoms with E-state index in [1.165, 1.54) is 0 Å². The lowest BCUT2D eigenvalue weighted by Crippen LogP contribution is -2.28. The number of nitrogens with one attached hydrogen (secondary N) is 1. The van der Waals surface area contributed by atoms with Crippen LogP contribution in [0.4, 0.5) is 0 Å². The highest BCUT2D eigenvalue weighted by molar-refractivity contribution is 5.01. The molecule has 2 nitrogen and oxygen atoms in total. The van der Waals surface area contributed by atoms with E-state index in [9.17, 15) is 5.11 Å². The highest BCUT2D eigenvalue weighted by atomic mass is 16.3. The van der Waals surface area contributed by atoms with Crippen LogP contribution in [0.2, 0.25) is 0 Å². The molecule has 0 aromatic heterocycles. The molecule has 0 bridgehead atoms. The number of rotatable bonds is 7. The smallest absolute Gasteiger partial charge is 0.105 e. The van der Waals surface area contributed by atoms with Crippen molar-refractivity contribution in [2.75, 3.05) is 6.54 Å². The minimum atomic E-state index is -0.352. The molecule has 0 aliphatic heterocycles. The van der Waals surface area contributed by atoms with Crippen molar-refractivity contribution in [2.24, 2.45) is 0 Å². The molecule has 76 valence electrons. The topological polar surface area (TPSA) is 32.3 Å². The normalized spacial score (nSPS) is 14.4. The molecule has 0 saturated heterocycles. The molecule has 2 N–H and O–H groups in total. The van der Waals surface area contributed by atoms with Gasteiger partial charge in [0.15, 0.2) is 0 Å². The first kappa shape index (κ1) is 12.4. The second-order valence-corrected chi connectivity index (χ2v) is 3.02. The maximum Gasteiger partial charge on any atom is 0.105 e. The Labute approximate surface area is 81.4 Å². The van der Waals surface area contributed by atoms with E-state index in [1.54, 1.807) is 0 Å². The quantitative estimate of drug-likeness (QED) is 0.468. The number of allylic oxidation sites excluding steroid dienone is 3. The van der Waals surface area contributed by atoms with E-state index in [0.29, 0.717) is 0 Å². The van der Waals surface area contributed by atoms with Crippen LogP contribution in [0.15, 0.2) is 24.3 Å². The number of unbranched alkanes of at least 4 members (excludes halogenated alkanes) is 1. The number of aliphatic hydroxyl groups excluding tert-OH is 1. The van der Waals surface area contributed by atoms with Gasteiger partial charge in [-0.15, -0.1) is 0 Å². The second-order valence-electron chi connectivity index (χ2n) is 3.02. The van der Waals surface area contributed by atoms with Gasteiger partial charge in [-0.25, -0.2) is 0 Å². The largest absolute Gasteiger partial charge is 0.379 e. The third-order valence-electron chi connectivity index (χ3n) is 1.74. The van der Waals surface area contributed by atoms with E-state index >= 15 is 0 Å². The molecule has 1 unspecified atom stereocenters. The number of hydrogen-bond donors (Lipinski definition) is 2. The molecule has 0 spiro atoms.